The van der Waals surface area contributed by atoms with Crippen LogP contribution in [0.5, 0.6) is 0 Å². The Bertz CT molecular complexity index is 335. The Balaban J connectivity index is 0.00000361. The average Bonchev–Trinajstić information content (AvgIpc) is 2.43. The highest BCUT2D eigenvalue weighted by molar-refractivity contribution is 7.87. The van der Waals surface area contributed by atoms with Crippen LogP contribution in [0.1, 0.15) is 32.1 Å². The first kappa shape index (κ1) is 20.1. The molecule has 0 spiro atoms. The lowest BCUT2D eigenvalue weighted by Crippen LogP contribution is -2.46. The van der Waals surface area contributed by atoms with Crippen molar-refractivity contribution in [3.05, 3.63) is 0 Å². The highest BCUT2D eigenvalue weighted by Crippen LogP contribution is 2.22. The van der Waals surface area contributed by atoms with Gasteiger partial charge in [-0.3, -0.25) is 0 Å². The number of ether oxygens (including phenoxy) is 1. The lowest BCUT2D eigenvalue weighted by molar-refractivity contribution is 0.199. The van der Waals surface area contributed by atoms with Crippen LogP contribution in [-0.4, -0.2) is 59.2 Å². The molecule has 0 heterocycles. The van der Waals surface area contributed by atoms with E-state index < -0.39 is 10.2 Å². The summed E-state index contributed by atoms with van der Waals surface area (Å²) in [7, 11) is -0.0209. The number of hydrogen-bond acceptors (Lipinski definition) is 4. The highest BCUT2D eigenvalue weighted by atomic mass is 35.5. The first-order chi connectivity index (χ1) is 9.08. The van der Waals surface area contributed by atoms with Gasteiger partial charge in [-0.2, -0.15) is 12.7 Å². The van der Waals surface area contributed by atoms with E-state index in [1.807, 2.05) is 0 Å². The number of nitrogens with zero attached hydrogens (tertiary/aromatic N) is 1. The average molecular weight is 330 g/mol. The van der Waals surface area contributed by atoms with Crippen molar-refractivity contribution in [2.24, 2.45) is 0 Å². The minimum Gasteiger partial charge on any atom is -0.383 e. The van der Waals surface area contributed by atoms with E-state index in [0.29, 0.717) is 19.7 Å². The third-order valence-electron chi connectivity index (χ3n) is 3.54. The molecule has 122 valence electrons. The van der Waals surface area contributed by atoms with Crippen LogP contribution in [0, 0.1) is 0 Å². The molecule has 0 radical (unpaired) electrons. The zero-order chi connectivity index (χ0) is 14.1. The summed E-state index contributed by atoms with van der Waals surface area (Å²) in [6, 6.07) is 0.160. The summed E-state index contributed by atoms with van der Waals surface area (Å²) >= 11 is 0. The van der Waals surface area contributed by atoms with Crippen LogP contribution in [0.25, 0.3) is 0 Å². The van der Waals surface area contributed by atoms with Crippen molar-refractivity contribution in [1.82, 2.24) is 14.3 Å². The summed E-state index contributed by atoms with van der Waals surface area (Å²) in [6.45, 7) is 2.38. The molecule has 0 atom stereocenters. The predicted octanol–water partition coefficient (Wildman–Crippen LogP) is 0.743. The van der Waals surface area contributed by atoms with Crippen LogP contribution < -0.4 is 10.0 Å². The van der Waals surface area contributed by atoms with Gasteiger partial charge in [0.05, 0.1) is 6.61 Å². The number of nitrogens with one attached hydrogen (secondary N) is 2. The van der Waals surface area contributed by atoms with Crippen molar-refractivity contribution in [3.63, 3.8) is 0 Å². The van der Waals surface area contributed by atoms with E-state index in [-0.39, 0.29) is 18.4 Å². The maximum absolute atomic E-state index is 12.1. The van der Waals surface area contributed by atoms with Gasteiger partial charge in [0.1, 0.15) is 0 Å². The fourth-order valence-electron chi connectivity index (χ4n) is 2.31. The molecule has 0 aromatic rings. The van der Waals surface area contributed by atoms with Crippen LogP contribution in [0.2, 0.25) is 0 Å². The second-order valence-electron chi connectivity index (χ2n) is 4.95. The smallest absolute Gasteiger partial charge is 0.279 e. The Hall–Kier alpha value is 0.0800. The second kappa shape index (κ2) is 10.8. The van der Waals surface area contributed by atoms with Gasteiger partial charge in [0, 0.05) is 39.8 Å². The van der Waals surface area contributed by atoms with Crippen LogP contribution >= 0.6 is 12.4 Å². The zero-order valence-electron chi connectivity index (χ0n) is 12.4. The number of methoxy groups -OCH3 is 1. The summed E-state index contributed by atoms with van der Waals surface area (Å²) in [5.74, 6) is 0. The molecule has 6 nitrogen and oxygen atoms in total. The van der Waals surface area contributed by atoms with Gasteiger partial charge >= 0.3 is 0 Å². The lowest BCUT2D eigenvalue weighted by atomic mass is 9.96. The summed E-state index contributed by atoms with van der Waals surface area (Å²) in [5, 5.41) is 3.11. The standard InChI is InChI=1S/C12H27N3O3S.ClH/c1-15(12-6-4-3-5-7-12)19(16,17)14-9-8-13-10-11-18-2;/h12-14H,3-11H2,1-2H3;1H. The number of rotatable bonds is 9. The lowest BCUT2D eigenvalue weighted by Gasteiger charge is -2.30. The molecule has 1 aliphatic carbocycles. The molecule has 0 aliphatic heterocycles. The molecular weight excluding hydrogens is 302 g/mol. The molecule has 0 aromatic carbocycles. The monoisotopic (exact) mass is 329 g/mol. The van der Waals surface area contributed by atoms with Crippen molar-refractivity contribution in [3.8, 4) is 0 Å². The third-order valence-corrected chi connectivity index (χ3v) is 5.16. The maximum atomic E-state index is 12.1. The number of hydrogen-bond donors (Lipinski definition) is 2. The van der Waals surface area contributed by atoms with Gasteiger partial charge in [-0.1, -0.05) is 19.3 Å². The van der Waals surface area contributed by atoms with Gasteiger partial charge in [0.25, 0.3) is 10.2 Å². The van der Waals surface area contributed by atoms with Gasteiger partial charge in [-0.05, 0) is 12.8 Å². The van der Waals surface area contributed by atoms with E-state index in [0.717, 1.165) is 32.2 Å². The summed E-state index contributed by atoms with van der Waals surface area (Å²) in [5.41, 5.74) is 0. The molecule has 2 N–H and O–H groups in total. The van der Waals surface area contributed by atoms with Gasteiger partial charge in [0.15, 0.2) is 0 Å². The largest absolute Gasteiger partial charge is 0.383 e. The quantitative estimate of drug-likeness (QED) is 0.612. The fraction of sp³-hybridized carbons (Fsp3) is 1.00. The molecule has 20 heavy (non-hydrogen) atoms. The number of halogens is 1. The normalized spacial score (nSPS) is 17.1. The Morgan fingerprint density at radius 2 is 1.80 bits per heavy atom. The summed E-state index contributed by atoms with van der Waals surface area (Å²) in [4.78, 5) is 0. The van der Waals surface area contributed by atoms with Crippen LogP contribution in [0.3, 0.4) is 0 Å². The van der Waals surface area contributed by atoms with Crippen molar-refractivity contribution >= 4 is 22.6 Å². The Morgan fingerprint density at radius 1 is 1.15 bits per heavy atom. The highest BCUT2D eigenvalue weighted by Gasteiger charge is 2.26. The van der Waals surface area contributed by atoms with Crippen LogP contribution in [0.4, 0.5) is 0 Å². The molecule has 8 heteroatoms. The van der Waals surface area contributed by atoms with E-state index in [1.165, 1.54) is 10.7 Å². The minimum absolute atomic E-state index is 0. The zero-order valence-corrected chi connectivity index (χ0v) is 14.1. The molecule has 1 aliphatic rings. The fourth-order valence-corrected chi connectivity index (χ4v) is 3.48. The molecule has 1 rings (SSSR count). The summed E-state index contributed by atoms with van der Waals surface area (Å²) < 4.78 is 33.2. The van der Waals surface area contributed by atoms with E-state index in [4.69, 9.17) is 4.74 Å². The van der Waals surface area contributed by atoms with E-state index >= 15 is 0 Å². The maximum Gasteiger partial charge on any atom is 0.279 e. The molecule has 0 saturated heterocycles. The van der Waals surface area contributed by atoms with Gasteiger partial charge in [-0.25, -0.2) is 4.72 Å². The third kappa shape index (κ3) is 7.19. The van der Waals surface area contributed by atoms with E-state index in [2.05, 4.69) is 10.0 Å². The van der Waals surface area contributed by atoms with Crippen LogP contribution in [-0.2, 0) is 14.9 Å². The predicted molar refractivity (Wildman–Crippen MR) is 83.6 cm³/mol. The van der Waals surface area contributed by atoms with Gasteiger partial charge in [0.2, 0.25) is 0 Å². The van der Waals surface area contributed by atoms with Crippen molar-refractivity contribution in [1.29, 1.82) is 0 Å². The molecule has 0 amide bonds. The van der Waals surface area contributed by atoms with E-state index in [1.54, 1.807) is 14.2 Å². The molecule has 0 aromatic heterocycles. The van der Waals surface area contributed by atoms with Crippen molar-refractivity contribution in [2.45, 2.75) is 38.1 Å². The molecule has 0 unspecified atom stereocenters. The Kier molecular flexibility index (Phi) is 10.8. The SMILES string of the molecule is COCCNCCNS(=O)(=O)N(C)C1CCCCC1.Cl. The van der Waals surface area contributed by atoms with Gasteiger partial charge in [-0.15, -0.1) is 12.4 Å². The first-order valence-electron chi connectivity index (χ1n) is 7.00. The first-order valence-corrected chi connectivity index (χ1v) is 8.44. The van der Waals surface area contributed by atoms with E-state index in [9.17, 15) is 8.42 Å². The van der Waals surface area contributed by atoms with Crippen molar-refractivity contribution in [2.75, 3.05) is 40.4 Å². The van der Waals surface area contributed by atoms with Crippen LogP contribution in [0.15, 0.2) is 0 Å². The van der Waals surface area contributed by atoms with Crippen molar-refractivity contribution < 1.29 is 13.2 Å². The molecular formula is C12H28ClN3O3S. The molecule has 1 saturated carbocycles. The Labute approximate surface area is 129 Å². The van der Waals surface area contributed by atoms with Gasteiger partial charge < -0.3 is 10.1 Å². The second-order valence-corrected chi connectivity index (χ2v) is 6.76. The summed E-state index contributed by atoms with van der Waals surface area (Å²) in [6.07, 6.45) is 5.43. The topological polar surface area (TPSA) is 70.7 Å². The minimum atomic E-state index is -3.34. The molecule has 1 fully saturated rings. The Morgan fingerprint density at radius 3 is 2.40 bits per heavy atom. The molecule has 0 bridgehead atoms.